The van der Waals surface area contributed by atoms with E-state index in [9.17, 15) is 14.7 Å². The number of carbonyl (C=O) groups is 2. The highest BCUT2D eigenvalue weighted by Gasteiger charge is 2.19. The van der Waals surface area contributed by atoms with Crippen molar-refractivity contribution in [2.45, 2.75) is 58.8 Å². The predicted octanol–water partition coefficient (Wildman–Crippen LogP) is 3.62. The van der Waals surface area contributed by atoms with Crippen LogP contribution < -0.4 is 5.73 Å². The fourth-order valence-electron chi connectivity index (χ4n) is 2.43. The maximum atomic E-state index is 12.4. The van der Waals surface area contributed by atoms with Gasteiger partial charge in [0.15, 0.2) is 5.78 Å². The highest BCUT2D eigenvalue weighted by atomic mass is 16.5. The van der Waals surface area contributed by atoms with Crippen LogP contribution in [0, 0.1) is 0 Å². The van der Waals surface area contributed by atoms with Crippen LogP contribution in [0.3, 0.4) is 0 Å². The molecule has 0 atom stereocenters. The Balaban J connectivity index is 2.87. The number of unbranched alkanes of at least 4 members (excludes halogenated alkanes) is 3. The smallest absolute Gasteiger partial charge is 0.310 e. The van der Waals surface area contributed by atoms with Crippen molar-refractivity contribution in [3.05, 3.63) is 23.3 Å². The topological polar surface area (TPSA) is 89.6 Å². The number of esters is 1. The number of carbonyl (C=O) groups excluding carboxylic acids is 2. The number of phenolic OH excluding ortho intramolecular Hbond substituents is 1. The van der Waals surface area contributed by atoms with E-state index in [0.29, 0.717) is 24.3 Å². The number of ketones is 1. The van der Waals surface area contributed by atoms with Gasteiger partial charge in [-0.15, -0.1) is 0 Å². The number of hydrogen-bond donors (Lipinski definition) is 2. The van der Waals surface area contributed by atoms with Crippen LogP contribution in [-0.2, 0) is 16.0 Å². The Hall–Kier alpha value is -2.04. The second-order valence-corrected chi connectivity index (χ2v) is 5.71. The Labute approximate surface area is 137 Å². The number of Topliss-reactive ketones (excluding diaryl/α,β-unsaturated/α-hetero) is 1. The summed E-state index contributed by atoms with van der Waals surface area (Å²) in [5.74, 6) is -0.738. The molecule has 0 heterocycles. The van der Waals surface area contributed by atoms with Crippen molar-refractivity contribution in [3.8, 4) is 5.75 Å². The number of rotatable bonds is 10. The number of benzene rings is 1. The number of anilines is 1. The van der Waals surface area contributed by atoms with Gasteiger partial charge >= 0.3 is 5.97 Å². The van der Waals surface area contributed by atoms with Crippen molar-refractivity contribution < 1.29 is 19.4 Å². The maximum Gasteiger partial charge on any atom is 0.310 e. The van der Waals surface area contributed by atoms with Crippen molar-refractivity contribution in [2.24, 2.45) is 0 Å². The highest BCUT2D eigenvalue weighted by molar-refractivity contribution is 6.01. The molecule has 3 N–H and O–H groups in total. The van der Waals surface area contributed by atoms with Gasteiger partial charge in [0.2, 0.25) is 0 Å². The van der Waals surface area contributed by atoms with Crippen LogP contribution >= 0.6 is 0 Å². The van der Waals surface area contributed by atoms with Gasteiger partial charge < -0.3 is 15.6 Å². The summed E-state index contributed by atoms with van der Waals surface area (Å²) >= 11 is 0. The van der Waals surface area contributed by atoms with Crippen molar-refractivity contribution in [1.29, 1.82) is 0 Å². The van der Waals surface area contributed by atoms with E-state index in [4.69, 9.17) is 10.5 Å². The first-order chi connectivity index (χ1) is 11.0. The normalized spacial score (nSPS) is 10.5. The molecule has 23 heavy (non-hydrogen) atoms. The lowest BCUT2D eigenvalue weighted by molar-refractivity contribution is -0.142. The van der Waals surface area contributed by atoms with Crippen LogP contribution in [0.2, 0.25) is 0 Å². The van der Waals surface area contributed by atoms with Gasteiger partial charge in [-0.3, -0.25) is 9.59 Å². The zero-order valence-corrected chi connectivity index (χ0v) is 14.1. The van der Waals surface area contributed by atoms with E-state index in [0.717, 1.165) is 32.1 Å². The van der Waals surface area contributed by atoms with Gasteiger partial charge in [-0.05, 0) is 24.5 Å². The molecule has 0 amide bonds. The second-order valence-electron chi connectivity index (χ2n) is 5.71. The van der Waals surface area contributed by atoms with E-state index in [-0.39, 0.29) is 23.5 Å². The quantitative estimate of drug-likeness (QED) is 0.297. The lowest BCUT2D eigenvalue weighted by Crippen LogP contribution is -2.13. The van der Waals surface area contributed by atoms with E-state index < -0.39 is 5.97 Å². The fourth-order valence-corrected chi connectivity index (χ4v) is 2.43. The average Bonchev–Trinajstić information content (AvgIpc) is 2.48. The third-order valence-electron chi connectivity index (χ3n) is 3.56. The molecule has 5 heteroatoms. The maximum absolute atomic E-state index is 12.4. The molecule has 0 radical (unpaired) electrons. The summed E-state index contributed by atoms with van der Waals surface area (Å²) in [6.07, 6.45) is 4.95. The zero-order valence-electron chi connectivity index (χ0n) is 14.1. The Morgan fingerprint density at radius 1 is 1.13 bits per heavy atom. The van der Waals surface area contributed by atoms with Crippen molar-refractivity contribution >= 4 is 17.4 Å². The Morgan fingerprint density at radius 2 is 1.87 bits per heavy atom. The SMILES string of the molecule is CCCCCCC(=O)c1c(O)cc(N)cc1CC(=O)OCCC. The molecule has 128 valence electrons. The van der Waals surface area contributed by atoms with Gasteiger partial charge in [0.25, 0.3) is 0 Å². The minimum absolute atomic E-state index is 0.0609. The molecular weight excluding hydrogens is 294 g/mol. The van der Waals surface area contributed by atoms with Crippen molar-refractivity contribution in [1.82, 2.24) is 0 Å². The molecule has 1 rings (SSSR count). The van der Waals surface area contributed by atoms with Crippen LogP contribution in [0.15, 0.2) is 12.1 Å². The lowest BCUT2D eigenvalue weighted by atomic mass is 9.96. The predicted molar refractivity (Wildman–Crippen MR) is 90.6 cm³/mol. The summed E-state index contributed by atoms with van der Waals surface area (Å²) < 4.78 is 5.05. The first kappa shape index (κ1) is 19.0. The molecule has 0 bridgehead atoms. The Morgan fingerprint density at radius 3 is 2.52 bits per heavy atom. The summed E-state index contributed by atoms with van der Waals surface area (Å²) in [6, 6.07) is 2.91. The van der Waals surface area contributed by atoms with E-state index in [2.05, 4.69) is 6.92 Å². The van der Waals surface area contributed by atoms with Gasteiger partial charge in [0, 0.05) is 18.2 Å². The van der Waals surface area contributed by atoms with Gasteiger partial charge in [-0.1, -0.05) is 33.1 Å². The highest BCUT2D eigenvalue weighted by Crippen LogP contribution is 2.28. The summed E-state index contributed by atoms with van der Waals surface area (Å²) in [7, 11) is 0. The minimum Gasteiger partial charge on any atom is -0.507 e. The van der Waals surface area contributed by atoms with E-state index in [1.54, 1.807) is 6.07 Å². The van der Waals surface area contributed by atoms with E-state index >= 15 is 0 Å². The standard InChI is InChI=1S/C18H27NO4/c1-3-5-6-7-8-15(20)18-13(10-14(19)12-16(18)21)11-17(22)23-9-4-2/h10,12,21H,3-9,11,19H2,1-2H3. The number of hydrogen-bond acceptors (Lipinski definition) is 5. The number of ether oxygens (including phenoxy) is 1. The Kier molecular flexibility index (Phi) is 8.16. The van der Waals surface area contributed by atoms with Crippen LogP contribution in [0.1, 0.15) is 68.3 Å². The molecule has 5 nitrogen and oxygen atoms in total. The number of aromatic hydroxyl groups is 1. The van der Waals surface area contributed by atoms with Crippen LogP contribution in [0.25, 0.3) is 0 Å². The average molecular weight is 321 g/mol. The monoisotopic (exact) mass is 321 g/mol. The molecular formula is C18H27NO4. The van der Waals surface area contributed by atoms with Crippen LogP contribution in [-0.4, -0.2) is 23.5 Å². The number of phenols is 1. The molecule has 0 aliphatic rings. The summed E-state index contributed by atoms with van der Waals surface area (Å²) in [5.41, 5.74) is 6.68. The summed E-state index contributed by atoms with van der Waals surface area (Å²) in [5, 5.41) is 10.1. The third-order valence-corrected chi connectivity index (χ3v) is 3.56. The van der Waals surface area contributed by atoms with Gasteiger partial charge in [0.1, 0.15) is 5.75 Å². The third kappa shape index (κ3) is 6.30. The second kappa shape index (κ2) is 9.87. The van der Waals surface area contributed by atoms with E-state index in [1.807, 2.05) is 6.92 Å². The molecule has 0 fully saturated rings. The largest absolute Gasteiger partial charge is 0.507 e. The van der Waals surface area contributed by atoms with Crippen molar-refractivity contribution in [2.75, 3.05) is 12.3 Å². The molecule has 0 spiro atoms. The minimum atomic E-state index is -0.420. The Bertz CT molecular complexity index is 540. The van der Waals surface area contributed by atoms with Gasteiger partial charge in [0.05, 0.1) is 18.6 Å². The summed E-state index contributed by atoms with van der Waals surface area (Å²) in [6.45, 7) is 4.35. The van der Waals surface area contributed by atoms with Crippen LogP contribution in [0.4, 0.5) is 5.69 Å². The van der Waals surface area contributed by atoms with Gasteiger partial charge in [-0.25, -0.2) is 0 Å². The molecule has 0 saturated heterocycles. The van der Waals surface area contributed by atoms with Gasteiger partial charge in [-0.2, -0.15) is 0 Å². The molecule has 0 aliphatic heterocycles. The lowest BCUT2D eigenvalue weighted by Gasteiger charge is -2.12. The fraction of sp³-hybridized carbons (Fsp3) is 0.556. The zero-order chi connectivity index (χ0) is 17.2. The molecule has 1 aromatic rings. The summed E-state index contributed by atoms with van der Waals surface area (Å²) in [4.78, 5) is 24.2. The molecule has 0 aliphatic carbocycles. The molecule has 0 unspecified atom stereocenters. The number of nitrogen functional groups attached to an aromatic ring is 1. The van der Waals surface area contributed by atoms with Crippen molar-refractivity contribution in [3.63, 3.8) is 0 Å². The first-order valence-electron chi connectivity index (χ1n) is 8.29. The molecule has 1 aromatic carbocycles. The molecule has 0 saturated carbocycles. The molecule has 0 aromatic heterocycles. The van der Waals surface area contributed by atoms with E-state index in [1.165, 1.54) is 6.07 Å². The first-order valence-corrected chi connectivity index (χ1v) is 8.29. The number of nitrogens with two attached hydrogens (primary N) is 1. The van der Waals surface area contributed by atoms with Crippen LogP contribution in [0.5, 0.6) is 5.75 Å².